The van der Waals surface area contributed by atoms with Crippen LogP contribution in [0.15, 0.2) is 16.6 Å². The molecule has 0 amide bonds. The Morgan fingerprint density at radius 3 is 2.61 bits per heavy atom. The van der Waals surface area contributed by atoms with Gasteiger partial charge in [-0.2, -0.15) is 0 Å². The van der Waals surface area contributed by atoms with Crippen LogP contribution in [0, 0.1) is 0 Å². The largest absolute Gasteiger partial charge is 0.493 e. The second kappa shape index (κ2) is 7.64. The number of benzene rings is 1. The van der Waals surface area contributed by atoms with Crippen LogP contribution in [-0.4, -0.2) is 19.8 Å². The van der Waals surface area contributed by atoms with Crippen LogP contribution in [0.2, 0.25) is 0 Å². The third-order valence-electron chi connectivity index (χ3n) is 2.40. The third-order valence-corrected chi connectivity index (χ3v) is 2.99. The van der Waals surface area contributed by atoms with Gasteiger partial charge >= 0.3 is 0 Å². The van der Waals surface area contributed by atoms with Crippen molar-refractivity contribution in [3.63, 3.8) is 0 Å². The molecule has 0 radical (unpaired) electrons. The summed E-state index contributed by atoms with van der Waals surface area (Å²) in [6, 6.07) is 4.09. The first kappa shape index (κ1) is 15.3. The van der Waals surface area contributed by atoms with Crippen molar-refractivity contribution in [3.8, 4) is 11.5 Å². The average molecular weight is 316 g/mol. The summed E-state index contributed by atoms with van der Waals surface area (Å²) >= 11 is 3.54. The fourth-order valence-corrected chi connectivity index (χ4v) is 2.22. The van der Waals surface area contributed by atoms with E-state index in [-0.39, 0.29) is 6.10 Å². The molecule has 0 aliphatic carbocycles. The second-order valence-corrected chi connectivity index (χ2v) is 5.31. The zero-order chi connectivity index (χ0) is 13.5. The first-order chi connectivity index (χ1) is 8.58. The zero-order valence-electron chi connectivity index (χ0n) is 11.5. The molecule has 102 valence electrons. The average Bonchev–Trinajstić information content (AvgIpc) is 2.32. The number of hydrogen-bond donors (Lipinski definition) is 1. The summed E-state index contributed by atoms with van der Waals surface area (Å²) in [4.78, 5) is 0. The minimum Gasteiger partial charge on any atom is -0.493 e. The van der Waals surface area contributed by atoms with Gasteiger partial charge in [-0.05, 0) is 60.4 Å². The van der Waals surface area contributed by atoms with Crippen molar-refractivity contribution >= 4 is 15.9 Å². The van der Waals surface area contributed by atoms with E-state index in [1.807, 2.05) is 19.9 Å². The lowest BCUT2D eigenvalue weighted by Gasteiger charge is -2.16. The quantitative estimate of drug-likeness (QED) is 0.777. The molecule has 0 unspecified atom stereocenters. The molecule has 1 aromatic rings. The summed E-state index contributed by atoms with van der Waals surface area (Å²) in [7, 11) is 1.66. The van der Waals surface area contributed by atoms with Gasteiger partial charge in [0.15, 0.2) is 11.5 Å². The van der Waals surface area contributed by atoms with Gasteiger partial charge in [-0.3, -0.25) is 0 Å². The molecule has 1 aromatic carbocycles. The Morgan fingerprint density at radius 2 is 2.06 bits per heavy atom. The molecular formula is C14H22BrNO2. The summed E-state index contributed by atoms with van der Waals surface area (Å²) in [5.41, 5.74) is 1.18. The van der Waals surface area contributed by atoms with Gasteiger partial charge in [-0.15, -0.1) is 0 Å². The Labute approximate surface area is 118 Å². The molecule has 0 atom stereocenters. The van der Waals surface area contributed by atoms with Crippen LogP contribution in [0.5, 0.6) is 11.5 Å². The van der Waals surface area contributed by atoms with E-state index in [0.29, 0.717) is 0 Å². The number of methoxy groups -OCH3 is 1. The number of rotatable bonds is 7. The Hall–Kier alpha value is -0.740. The normalized spacial score (nSPS) is 10.8. The predicted molar refractivity (Wildman–Crippen MR) is 78.5 cm³/mol. The van der Waals surface area contributed by atoms with Gasteiger partial charge in [0.05, 0.1) is 17.7 Å². The summed E-state index contributed by atoms with van der Waals surface area (Å²) < 4.78 is 12.1. The van der Waals surface area contributed by atoms with Crippen LogP contribution in [0.1, 0.15) is 32.8 Å². The van der Waals surface area contributed by atoms with Crippen molar-refractivity contribution in [2.45, 2.75) is 39.8 Å². The van der Waals surface area contributed by atoms with Gasteiger partial charge in [-0.1, -0.05) is 6.92 Å². The Balaban J connectivity index is 2.88. The van der Waals surface area contributed by atoms with Crippen LogP contribution in [-0.2, 0) is 6.54 Å². The van der Waals surface area contributed by atoms with Gasteiger partial charge in [-0.25, -0.2) is 0 Å². The highest BCUT2D eigenvalue weighted by atomic mass is 79.9. The van der Waals surface area contributed by atoms with E-state index in [1.54, 1.807) is 7.11 Å². The van der Waals surface area contributed by atoms with Crippen LogP contribution >= 0.6 is 15.9 Å². The van der Waals surface area contributed by atoms with Crippen molar-refractivity contribution in [1.29, 1.82) is 0 Å². The molecule has 0 aromatic heterocycles. The molecule has 0 heterocycles. The molecule has 0 saturated carbocycles. The van der Waals surface area contributed by atoms with Crippen molar-refractivity contribution in [2.75, 3.05) is 13.7 Å². The maximum absolute atomic E-state index is 5.76. The topological polar surface area (TPSA) is 30.5 Å². The maximum Gasteiger partial charge on any atom is 0.175 e. The molecule has 1 rings (SSSR count). The molecule has 0 saturated heterocycles. The smallest absolute Gasteiger partial charge is 0.175 e. The lowest BCUT2D eigenvalue weighted by atomic mass is 10.2. The highest BCUT2D eigenvalue weighted by Crippen LogP contribution is 2.37. The van der Waals surface area contributed by atoms with Crippen molar-refractivity contribution in [3.05, 3.63) is 22.2 Å². The van der Waals surface area contributed by atoms with Crippen LogP contribution < -0.4 is 14.8 Å². The van der Waals surface area contributed by atoms with E-state index in [1.165, 1.54) is 5.56 Å². The SMILES string of the molecule is CCCNCc1cc(Br)c(OC(C)C)c(OC)c1. The van der Waals surface area contributed by atoms with Crippen molar-refractivity contribution < 1.29 is 9.47 Å². The minimum absolute atomic E-state index is 0.124. The van der Waals surface area contributed by atoms with Gasteiger partial charge in [0.2, 0.25) is 0 Å². The van der Waals surface area contributed by atoms with E-state index < -0.39 is 0 Å². The second-order valence-electron chi connectivity index (χ2n) is 4.45. The lowest BCUT2D eigenvalue weighted by Crippen LogP contribution is -2.14. The summed E-state index contributed by atoms with van der Waals surface area (Å²) in [5, 5.41) is 3.37. The first-order valence-electron chi connectivity index (χ1n) is 6.32. The van der Waals surface area contributed by atoms with Crippen LogP contribution in [0.3, 0.4) is 0 Å². The third kappa shape index (κ3) is 4.50. The number of ether oxygens (including phenoxy) is 2. The van der Waals surface area contributed by atoms with Crippen LogP contribution in [0.25, 0.3) is 0 Å². The summed E-state index contributed by atoms with van der Waals surface area (Å²) in [5.74, 6) is 1.54. The molecule has 0 bridgehead atoms. The lowest BCUT2D eigenvalue weighted by molar-refractivity contribution is 0.228. The van der Waals surface area contributed by atoms with Gasteiger partial charge in [0.1, 0.15) is 0 Å². The predicted octanol–water partition coefficient (Wildman–Crippen LogP) is 3.74. The summed E-state index contributed by atoms with van der Waals surface area (Å²) in [6.45, 7) is 8.02. The first-order valence-corrected chi connectivity index (χ1v) is 7.11. The van der Waals surface area contributed by atoms with E-state index in [2.05, 4.69) is 34.2 Å². The molecule has 3 nitrogen and oxygen atoms in total. The number of hydrogen-bond acceptors (Lipinski definition) is 3. The number of nitrogens with one attached hydrogen (secondary N) is 1. The Kier molecular flexibility index (Phi) is 6.50. The molecule has 0 aliphatic heterocycles. The Bertz CT molecular complexity index is 380. The highest BCUT2D eigenvalue weighted by Gasteiger charge is 2.12. The molecular weight excluding hydrogens is 294 g/mol. The molecule has 1 N–H and O–H groups in total. The fourth-order valence-electron chi connectivity index (χ4n) is 1.63. The van der Waals surface area contributed by atoms with Gasteiger partial charge in [0, 0.05) is 6.54 Å². The fraction of sp³-hybridized carbons (Fsp3) is 0.571. The van der Waals surface area contributed by atoms with E-state index in [9.17, 15) is 0 Å². The highest BCUT2D eigenvalue weighted by molar-refractivity contribution is 9.10. The zero-order valence-corrected chi connectivity index (χ0v) is 13.1. The number of halogens is 1. The van der Waals surface area contributed by atoms with Crippen molar-refractivity contribution in [2.24, 2.45) is 0 Å². The molecule has 0 spiro atoms. The van der Waals surface area contributed by atoms with Gasteiger partial charge < -0.3 is 14.8 Å². The van der Waals surface area contributed by atoms with E-state index in [0.717, 1.165) is 35.5 Å². The standard InChI is InChI=1S/C14H22BrNO2/c1-5-6-16-9-11-7-12(15)14(18-10(2)3)13(8-11)17-4/h7-8,10,16H,5-6,9H2,1-4H3. The minimum atomic E-state index is 0.124. The molecule has 18 heavy (non-hydrogen) atoms. The van der Waals surface area contributed by atoms with E-state index in [4.69, 9.17) is 9.47 Å². The van der Waals surface area contributed by atoms with E-state index >= 15 is 0 Å². The molecule has 0 aliphatic rings. The van der Waals surface area contributed by atoms with Crippen molar-refractivity contribution in [1.82, 2.24) is 5.32 Å². The molecule has 0 fully saturated rings. The molecule has 4 heteroatoms. The summed E-state index contributed by atoms with van der Waals surface area (Å²) in [6.07, 6.45) is 1.26. The maximum atomic E-state index is 5.76. The Morgan fingerprint density at radius 1 is 1.33 bits per heavy atom. The van der Waals surface area contributed by atoms with Crippen LogP contribution in [0.4, 0.5) is 0 Å². The monoisotopic (exact) mass is 315 g/mol. The van der Waals surface area contributed by atoms with Gasteiger partial charge in [0.25, 0.3) is 0 Å².